The van der Waals surface area contributed by atoms with Crippen LogP contribution in [-0.4, -0.2) is 16.1 Å². The summed E-state index contributed by atoms with van der Waals surface area (Å²) in [5, 5.41) is 12.2. The second-order valence-corrected chi connectivity index (χ2v) is 4.16. The Hall–Kier alpha value is -2.19. The van der Waals surface area contributed by atoms with Gasteiger partial charge in [0.1, 0.15) is 11.9 Å². The van der Waals surface area contributed by atoms with Gasteiger partial charge in [0.15, 0.2) is 0 Å². The minimum atomic E-state index is -0.356. The number of nitrogens with one attached hydrogen (secondary N) is 1. The maximum atomic E-state index is 14.1. The molecule has 0 aliphatic rings. The average molecular weight is 258 g/mol. The van der Waals surface area contributed by atoms with Crippen molar-refractivity contribution in [3.8, 4) is 11.8 Å². The van der Waals surface area contributed by atoms with E-state index < -0.39 is 0 Å². The molecule has 2 rings (SSSR count). The number of para-hydroxylation sites is 1. The van der Waals surface area contributed by atoms with Crippen LogP contribution in [0.1, 0.15) is 24.7 Å². The number of nitriles is 1. The van der Waals surface area contributed by atoms with E-state index in [1.165, 1.54) is 16.8 Å². The first-order valence-corrected chi connectivity index (χ1v) is 6.19. The Balaban J connectivity index is 2.41. The van der Waals surface area contributed by atoms with Crippen molar-refractivity contribution in [1.82, 2.24) is 14.9 Å². The van der Waals surface area contributed by atoms with Crippen molar-refractivity contribution < 1.29 is 4.39 Å². The Labute approximate surface area is 111 Å². The molecule has 19 heavy (non-hydrogen) atoms. The zero-order valence-electron chi connectivity index (χ0n) is 10.7. The number of aromatic nitrogens is 2. The second kappa shape index (κ2) is 6.12. The van der Waals surface area contributed by atoms with E-state index in [1.54, 1.807) is 12.3 Å². The van der Waals surface area contributed by atoms with Crippen molar-refractivity contribution in [3.05, 3.63) is 47.8 Å². The Morgan fingerprint density at radius 2 is 2.32 bits per heavy atom. The summed E-state index contributed by atoms with van der Waals surface area (Å²) in [4.78, 5) is 3.90. The van der Waals surface area contributed by atoms with Crippen LogP contribution in [0.4, 0.5) is 4.39 Å². The van der Waals surface area contributed by atoms with Crippen molar-refractivity contribution in [2.24, 2.45) is 0 Å². The Kier molecular flexibility index (Phi) is 4.26. The first-order valence-electron chi connectivity index (χ1n) is 6.19. The van der Waals surface area contributed by atoms with Crippen LogP contribution in [-0.2, 0) is 6.54 Å². The molecule has 0 aliphatic carbocycles. The van der Waals surface area contributed by atoms with Gasteiger partial charge in [-0.3, -0.25) is 4.57 Å². The number of nitrogens with zero attached hydrogens (tertiary/aromatic N) is 3. The van der Waals surface area contributed by atoms with E-state index >= 15 is 0 Å². The van der Waals surface area contributed by atoms with E-state index in [0.717, 1.165) is 18.5 Å². The molecule has 1 heterocycles. The summed E-state index contributed by atoms with van der Waals surface area (Å²) in [6, 6.07) is 6.87. The standard InChI is InChI=1S/C14H15FN4/c1-2-6-17-10-11-4-3-5-12(15)14(11)19-8-7-18-13(19)9-16/h3-5,7-8,17H,2,6,10H2,1H3. The largest absolute Gasteiger partial charge is 0.313 e. The van der Waals surface area contributed by atoms with Gasteiger partial charge in [0.05, 0.1) is 5.69 Å². The van der Waals surface area contributed by atoms with Gasteiger partial charge in [-0.05, 0) is 24.6 Å². The third kappa shape index (κ3) is 2.80. The Morgan fingerprint density at radius 3 is 3.05 bits per heavy atom. The normalized spacial score (nSPS) is 10.4. The molecule has 0 radical (unpaired) electrons. The molecular weight excluding hydrogens is 243 g/mol. The lowest BCUT2D eigenvalue weighted by Gasteiger charge is -2.12. The van der Waals surface area contributed by atoms with Crippen molar-refractivity contribution in [1.29, 1.82) is 5.26 Å². The number of imidazole rings is 1. The summed E-state index contributed by atoms with van der Waals surface area (Å²) < 4.78 is 15.5. The third-order valence-electron chi connectivity index (χ3n) is 2.79. The lowest BCUT2D eigenvalue weighted by Crippen LogP contribution is -2.16. The quantitative estimate of drug-likeness (QED) is 0.838. The van der Waals surface area contributed by atoms with Crippen LogP contribution >= 0.6 is 0 Å². The fourth-order valence-corrected chi connectivity index (χ4v) is 1.94. The van der Waals surface area contributed by atoms with Crippen LogP contribution in [0.5, 0.6) is 0 Å². The molecule has 1 N–H and O–H groups in total. The minimum Gasteiger partial charge on any atom is -0.313 e. The van der Waals surface area contributed by atoms with E-state index in [4.69, 9.17) is 5.26 Å². The molecule has 0 saturated carbocycles. The zero-order chi connectivity index (χ0) is 13.7. The molecule has 0 fully saturated rings. The average Bonchev–Trinajstić information content (AvgIpc) is 2.87. The molecule has 2 aromatic rings. The number of hydrogen-bond acceptors (Lipinski definition) is 3. The molecule has 1 aromatic carbocycles. The highest BCUT2D eigenvalue weighted by Crippen LogP contribution is 2.20. The van der Waals surface area contributed by atoms with E-state index in [0.29, 0.717) is 12.2 Å². The maximum absolute atomic E-state index is 14.1. The first kappa shape index (κ1) is 13.2. The Bertz CT molecular complexity index is 598. The summed E-state index contributed by atoms with van der Waals surface area (Å²) >= 11 is 0. The number of rotatable bonds is 5. The maximum Gasteiger partial charge on any atom is 0.217 e. The lowest BCUT2D eigenvalue weighted by molar-refractivity contribution is 0.607. The van der Waals surface area contributed by atoms with E-state index in [2.05, 4.69) is 17.2 Å². The van der Waals surface area contributed by atoms with Crippen LogP contribution in [0.2, 0.25) is 0 Å². The van der Waals surface area contributed by atoms with Crippen molar-refractivity contribution >= 4 is 0 Å². The number of hydrogen-bond donors (Lipinski definition) is 1. The molecule has 0 saturated heterocycles. The van der Waals surface area contributed by atoms with Gasteiger partial charge in [-0.1, -0.05) is 19.1 Å². The predicted octanol–water partition coefficient (Wildman–Crippen LogP) is 2.38. The smallest absolute Gasteiger partial charge is 0.217 e. The highest BCUT2D eigenvalue weighted by molar-refractivity contribution is 5.44. The van der Waals surface area contributed by atoms with Crippen LogP contribution in [0.25, 0.3) is 5.69 Å². The molecule has 0 atom stereocenters. The van der Waals surface area contributed by atoms with Crippen LogP contribution in [0.15, 0.2) is 30.6 Å². The van der Waals surface area contributed by atoms with Gasteiger partial charge in [-0.15, -0.1) is 0 Å². The third-order valence-corrected chi connectivity index (χ3v) is 2.79. The fourth-order valence-electron chi connectivity index (χ4n) is 1.94. The van der Waals surface area contributed by atoms with Crippen LogP contribution in [0.3, 0.4) is 0 Å². The summed E-state index contributed by atoms with van der Waals surface area (Å²) in [5.41, 5.74) is 1.20. The highest BCUT2D eigenvalue weighted by atomic mass is 19.1. The second-order valence-electron chi connectivity index (χ2n) is 4.16. The summed E-state index contributed by atoms with van der Waals surface area (Å²) in [6.07, 6.45) is 4.10. The first-order chi connectivity index (χ1) is 9.27. The molecule has 0 spiro atoms. The molecule has 4 nitrogen and oxygen atoms in total. The molecule has 0 aliphatic heterocycles. The van der Waals surface area contributed by atoms with Crippen molar-refractivity contribution in [3.63, 3.8) is 0 Å². The van der Waals surface area contributed by atoms with Gasteiger partial charge < -0.3 is 5.32 Å². The summed E-state index contributed by atoms with van der Waals surface area (Å²) in [5.74, 6) is -0.174. The molecule has 0 bridgehead atoms. The molecule has 0 unspecified atom stereocenters. The van der Waals surface area contributed by atoms with Gasteiger partial charge >= 0.3 is 0 Å². The van der Waals surface area contributed by atoms with E-state index in [1.807, 2.05) is 12.1 Å². The monoisotopic (exact) mass is 258 g/mol. The molecule has 1 aromatic heterocycles. The van der Waals surface area contributed by atoms with Crippen molar-refractivity contribution in [2.75, 3.05) is 6.54 Å². The van der Waals surface area contributed by atoms with Crippen molar-refractivity contribution in [2.45, 2.75) is 19.9 Å². The molecule has 5 heteroatoms. The topological polar surface area (TPSA) is 53.6 Å². The Morgan fingerprint density at radius 1 is 1.47 bits per heavy atom. The predicted molar refractivity (Wildman–Crippen MR) is 70.2 cm³/mol. The van der Waals surface area contributed by atoms with Crippen LogP contribution in [0, 0.1) is 17.1 Å². The molecular formula is C14H15FN4. The zero-order valence-corrected chi connectivity index (χ0v) is 10.7. The lowest BCUT2D eigenvalue weighted by atomic mass is 10.1. The van der Waals surface area contributed by atoms with Crippen LogP contribution < -0.4 is 5.32 Å². The molecule has 0 amide bonds. The SMILES string of the molecule is CCCNCc1cccc(F)c1-n1ccnc1C#N. The number of benzene rings is 1. The summed E-state index contributed by atoms with van der Waals surface area (Å²) in [7, 11) is 0. The van der Waals surface area contributed by atoms with Gasteiger partial charge in [0, 0.05) is 18.9 Å². The minimum absolute atomic E-state index is 0.182. The highest BCUT2D eigenvalue weighted by Gasteiger charge is 2.13. The van der Waals surface area contributed by atoms with Gasteiger partial charge in [-0.25, -0.2) is 9.37 Å². The van der Waals surface area contributed by atoms with E-state index in [9.17, 15) is 4.39 Å². The molecule has 98 valence electrons. The fraction of sp³-hybridized carbons (Fsp3) is 0.286. The van der Waals surface area contributed by atoms with Gasteiger partial charge in [-0.2, -0.15) is 5.26 Å². The van der Waals surface area contributed by atoms with E-state index in [-0.39, 0.29) is 11.6 Å². The van der Waals surface area contributed by atoms with Gasteiger partial charge in [0.25, 0.3) is 0 Å². The summed E-state index contributed by atoms with van der Waals surface area (Å²) in [6.45, 7) is 3.50. The van der Waals surface area contributed by atoms with Gasteiger partial charge in [0.2, 0.25) is 5.82 Å². The number of halogens is 1.